The van der Waals surface area contributed by atoms with Crippen LogP contribution in [0.1, 0.15) is 37.8 Å². The van der Waals surface area contributed by atoms with E-state index in [4.69, 9.17) is 34.8 Å². The third-order valence-electron chi connectivity index (χ3n) is 5.44. The van der Waals surface area contributed by atoms with Gasteiger partial charge >= 0.3 is 0 Å². The van der Waals surface area contributed by atoms with Gasteiger partial charge in [-0.25, -0.2) is 8.42 Å². The molecule has 2 aromatic rings. The molecule has 11 heteroatoms. The fourth-order valence-corrected chi connectivity index (χ4v) is 4.90. The molecule has 2 rings (SSSR count). The molecule has 2 aromatic carbocycles. The molecule has 0 aromatic heterocycles. The largest absolute Gasteiger partial charge is 0.354 e. The quantitative estimate of drug-likeness (QED) is 0.388. The molecule has 0 aliphatic carbocycles. The van der Waals surface area contributed by atoms with Crippen LogP contribution in [0.3, 0.4) is 0 Å². The van der Waals surface area contributed by atoms with Gasteiger partial charge in [0.1, 0.15) is 12.6 Å². The number of sulfonamides is 1. The Bertz CT molecular complexity index is 1170. The van der Waals surface area contributed by atoms with E-state index in [0.29, 0.717) is 38.4 Å². The minimum atomic E-state index is -3.83. The van der Waals surface area contributed by atoms with E-state index in [1.807, 2.05) is 6.92 Å². The Kier molecular flexibility index (Phi) is 10.7. The van der Waals surface area contributed by atoms with E-state index in [1.54, 1.807) is 50.2 Å². The van der Waals surface area contributed by atoms with Crippen LogP contribution in [0.2, 0.25) is 15.1 Å². The van der Waals surface area contributed by atoms with Gasteiger partial charge in [-0.1, -0.05) is 54.2 Å². The maximum atomic E-state index is 13.5. The Hall–Kier alpha value is -2.00. The van der Waals surface area contributed by atoms with Gasteiger partial charge in [-0.15, -0.1) is 0 Å². The first-order valence-electron chi connectivity index (χ1n) is 11.1. The summed E-state index contributed by atoms with van der Waals surface area (Å²) in [4.78, 5) is 27.7. The zero-order valence-electron chi connectivity index (χ0n) is 20.1. The van der Waals surface area contributed by atoms with E-state index in [-0.39, 0.29) is 12.5 Å². The first-order valence-corrected chi connectivity index (χ1v) is 14.1. The van der Waals surface area contributed by atoms with Crippen LogP contribution in [-0.4, -0.2) is 50.5 Å². The van der Waals surface area contributed by atoms with Crippen LogP contribution < -0.4 is 9.62 Å². The average molecular weight is 563 g/mol. The summed E-state index contributed by atoms with van der Waals surface area (Å²) >= 11 is 18.2. The average Bonchev–Trinajstić information content (AvgIpc) is 2.77. The number of nitrogens with one attached hydrogen (secondary N) is 1. The summed E-state index contributed by atoms with van der Waals surface area (Å²) < 4.78 is 26.3. The highest BCUT2D eigenvalue weighted by Gasteiger charge is 2.30. The van der Waals surface area contributed by atoms with Crippen LogP contribution in [0.25, 0.3) is 0 Å². The van der Waals surface area contributed by atoms with Gasteiger partial charge < -0.3 is 10.2 Å². The number of benzene rings is 2. The third-order valence-corrected chi connectivity index (χ3v) is 7.54. The summed E-state index contributed by atoms with van der Waals surface area (Å²) in [7, 11) is -3.83. The zero-order valence-corrected chi connectivity index (χ0v) is 23.2. The first kappa shape index (κ1) is 29.2. The molecule has 0 bridgehead atoms. The van der Waals surface area contributed by atoms with Crippen molar-refractivity contribution < 1.29 is 18.0 Å². The second-order valence-corrected chi connectivity index (χ2v) is 11.4. The summed E-state index contributed by atoms with van der Waals surface area (Å²) in [5, 5.41) is 3.95. The number of rotatable bonds is 11. The highest BCUT2D eigenvalue weighted by Crippen LogP contribution is 2.27. The third kappa shape index (κ3) is 8.27. The van der Waals surface area contributed by atoms with Gasteiger partial charge in [-0.05, 0) is 61.7 Å². The minimum absolute atomic E-state index is 0.0370. The van der Waals surface area contributed by atoms with Gasteiger partial charge in [-0.2, -0.15) is 0 Å². The predicted octanol–water partition coefficient (Wildman–Crippen LogP) is 5.05. The van der Waals surface area contributed by atoms with Crippen LogP contribution in [-0.2, 0) is 26.2 Å². The lowest BCUT2D eigenvalue weighted by molar-refractivity contribution is -0.139. The second kappa shape index (κ2) is 12.8. The second-order valence-electron chi connectivity index (χ2n) is 8.29. The van der Waals surface area contributed by atoms with Crippen LogP contribution in [0.4, 0.5) is 5.69 Å². The predicted molar refractivity (Wildman–Crippen MR) is 143 cm³/mol. The molecule has 0 aliphatic rings. The van der Waals surface area contributed by atoms with E-state index in [2.05, 4.69) is 5.32 Å². The fourth-order valence-electron chi connectivity index (χ4n) is 3.45. The van der Waals surface area contributed by atoms with Crippen LogP contribution >= 0.6 is 34.8 Å². The molecule has 0 heterocycles. The number of amides is 2. The monoisotopic (exact) mass is 561 g/mol. The number of anilines is 1. The van der Waals surface area contributed by atoms with Crippen LogP contribution in [0.15, 0.2) is 36.4 Å². The van der Waals surface area contributed by atoms with E-state index in [0.717, 1.165) is 23.4 Å². The van der Waals surface area contributed by atoms with Crippen molar-refractivity contribution in [3.8, 4) is 0 Å². The van der Waals surface area contributed by atoms with Gasteiger partial charge in [0.05, 0.1) is 22.0 Å². The highest BCUT2D eigenvalue weighted by atomic mass is 35.5. The Morgan fingerprint density at radius 3 is 2.31 bits per heavy atom. The number of carbonyl (C=O) groups excluding carboxylic acids is 2. The molecule has 1 N–H and O–H groups in total. The zero-order chi connectivity index (χ0) is 26.3. The summed E-state index contributed by atoms with van der Waals surface area (Å²) in [6.07, 6.45) is 2.74. The molecule has 0 unspecified atom stereocenters. The van der Waals surface area contributed by atoms with Gasteiger partial charge in [0.15, 0.2) is 0 Å². The summed E-state index contributed by atoms with van der Waals surface area (Å²) in [6.45, 7) is 5.35. The number of unbranched alkanes of at least 4 members (excludes halogenated alkanes) is 1. The SMILES string of the molecule is CCCCNC(=O)[C@H](C)N(Cc1ccc(Cl)c(Cl)c1)C(=O)CN(c1ccc(Cl)cc1C)S(C)(=O)=O. The van der Waals surface area contributed by atoms with Crippen molar-refractivity contribution in [2.45, 2.75) is 46.2 Å². The standard InChI is InChI=1S/C24H30Cl3N3O4S/c1-5-6-11-28-24(32)17(3)29(14-18-7-9-20(26)21(27)13-18)23(31)15-30(35(4,33)34)22-10-8-19(25)12-16(22)2/h7-10,12-13,17H,5-6,11,14-15H2,1-4H3,(H,28,32)/t17-/m0/s1. The van der Waals surface area contributed by atoms with Crippen LogP contribution in [0.5, 0.6) is 0 Å². The fraction of sp³-hybridized carbons (Fsp3) is 0.417. The van der Waals surface area contributed by atoms with Gasteiger partial charge in [0.2, 0.25) is 21.8 Å². The molecule has 0 saturated heterocycles. The van der Waals surface area contributed by atoms with Crippen molar-refractivity contribution in [3.05, 3.63) is 62.6 Å². The molecule has 0 fully saturated rings. The number of hydrogen-bond acceptors (Lipinski definition) is 4. The molecular weight excluding hydrogens is 533 g/mol. The smallest absolute Gasteiger partial charge is 0.244 e. The molecule has 0 radical (unpaired) electrons. The minimum Gasteiger partial charge on any atom is -0.354 e. The Balaban J connectivity index is 2.40. The molecule has 0 spiro atoms. The lowest BCUT2D eigenvalue weighted by Crippen LogP contribution is -2.51. The van der Waals surface area contributed by atoms with Crippen LogP contribution in [0, 0.1) is 6.92 Å². The Labute approximate surface area is 222 Å². The lowest BCUT2D eigenvalue weighted by Gasteiger charge is -2.32. The molecule has 1 atom stereocenters. The summed E-state index contributed by atoms with van der Waals surface area (Å²) in [6, 6.07) is 8.80. The molecule has 35 heavy (non-hydrogen) atoms. The summed E-state index contributed by atoms with van der Waals surface area (Å²) in [5.41, 5.74) is 1.58. The Morgan fingerprint density at radius 2 is 1.74 bits per heavy atom. The van der Waals surface area contributed by atoms with Crippen molar-refractivity contribution in [3.63, 3.8) is 0 Å². The van der Waals surface area contributed by atoms with Crippen molar-refractivity contribution in [1.29, 1.82) is 0 Å². The normalized spacial score (nSPS) is 12.2. The molecule has 2 amide bonds. The van der Waals surface area contributed by atoms with E-state index in [1.165, 1.54) is 4.90 Å². The maximum Gasteiger partial charge on any atom is 0.244 e. The number of aryl methyl sites for hydroxylation is 1. The van der Waals surface area contributed by atoms with Gasteiger partial charge in [0, 0.05) is 18.1 Å². The lowest BCUT2D eigenvalue weighted by atomic mass is 10.1. The molecular formula is C24H30Cl3N3O4S. The summed E-state index contributed by atoms with van der Waals surface area (Å²) in [5.74, 6) is -0.880. The number of hydrogen-bond donors (Lipinski definition) is 1. The van der Waals surface area contributed by atoms with E-state index < -0.39 is 28.5 Å². The molecule has 0 aliphatic heterocycles. The maximum absolute atomic E-state index is 13.5. The van der Waals surface area contributed by atoms with Gasteiger partial charge in [-0.3, -0.25) is 13.9 Å². The molecule has 7 nitrogen and oxygen atoms in total. The van der Waals surface area contributed by atoms with E-state index in [9.17, 15) is 18.0 Å². The molecule has 0 saturated carbocycles. The first-order chi connectivity index (χ1) is 16.3. The van der Waals surface area contributed by atoms with Crippen molar-refractivity contribution in [2.24, 2.45) is 0 Å². The number of halogens is 3. The highest BCUT2D eigenvalue weighted by molar-refractivity contribution is 7.92. The van der Waals surface area contributed by atoms with Gasteiger partial charge in [0.25, 0.3) is 0 Å². The van der Waals surface area contributed by atoms with Crippen molar-refractivity contribution in [1.82, 2.24) is 10.2 Å². The molecule has 192 valence electrons. The topological polar surface area (TPSA) is 86.8 Å². The van der Waals surface area contributed by atoms with Crippen molar-refractivity contribution >= 4 is 62.3 Å². The number of nitrogens with zero attached hydrogens (tertiary/aromatic N) is 2. The van der Waals surface area contributed by atoms with Crippen molar-refractivity contribution in [2.75, 3.05) is 23.7 Å². The number of carbonyl (C=O) groups is 2. The van der Waals surface area contributed by atoms with E-state index >= 15 is 0 Å². The Morgan fingerprint density at radius 1 is 1.06 bits per heavy atom.